The van der Waals surface area contributed by atoms with Crippen LogP contribution in [0.5, 0.6) is 0 Å². The second-order valence-corrected chi connectivity index (χ2v) is 18.5. The lowest BCUT2D eigenvalue weighted by Crippen LogP contribution is -2.25. The molecule has 16 heavy (non-hydrogen) atoms. The summed E-state index contributed by atoms with van der Waals surface area (Å²) in [6.07, 6.45) is 5.40. The fourth-order valence-electron chi connectivity index (χ4n) is 1.31. The Hall–Kier alpha value is 0.604. The first kappa shape index (κ1) is 16.6. The number of rotatable bonds is 5. The average molecular weight is 368 g/mol. The third-order valence-electron chi connectivity index (χ3n) is 2.52. The predicted octanol–water partition coefficient (Wildman–Crippen LogP) is 4.37. The van der Waals surface area contributed by atoms with E-state index in [0.29, 0.717) is 0 Å². The Kier molecular flexibility index (Phi) is 6.76. The van der Waals surface area contributed by atoms with Crippen LogP contribution < -0.4 is 0 Å². The molecule has 4 heteroatoms. The first-order chi connectivity index (χ1) is 7.09. The van der Waals surface area contributed by atoms with Crippen LogP contribution in [0.25, 0.3) is 0 Å². The Morgan fingerprint density at radius 2 is 1.50 bits per heavy atom. The molecule has 0 aromatic rings. The molecule has 0 aliphatic heterocycles. The summed E-state index contributed by atoms with van der Waals surface area (Å²) in [6.45, 7) is 14.3. The number of halogens is 1. The second-order valence-electron chi connectivity index (χ2n) is 6.17. The van der Waals surface area contributed by atoms with Gasteiger partial charge < -0.3 is 5.11 Å². The van der Waals surface area contributed by atoms with Crippen molar-refractivity contribution in [1.82, 2.24) is 0 Å². The SMILES string of the molecule is C[Si](C)(C)/C(I)=C\C/C(=C\CO)[Si](C)(C)C. The summed E-state index contributed by atoms with van der Waals surface area (Å²) in [6, 6.07) is 0. The van der Waals surface area contributed by atoms with Gasteiger partial charge in [-0.1, -0.05) is 79.2 Å². The Morgan fingerprint density at radius 3 is 1.81 bits per heavy atom. The Morgan fingerprint density at radius 1 is 1.00 bits per heavy atom. The van der Waals surface area contributed by atoms with E-state index in [9.17, 15) is 0 Å². The van der Waals surface area contributed by atoms with Crippen LogP contribution in [0.1, 0.15) is 6.42 Å². The zero-order chi connectivity index (χ0) is 13.0. The van der Waals surface area contributed by atoms with E-state index >= 15 is 0 Å². The Labute approximate surface area is 116 Å². The molecule has 0 atom stereocenters. The van der Waals surface area contributed by atoms with Gasteiger partial charge >= 0.3 is 0 Å². The van der Waals surface area contributed by atoms with Crippen LogP contribution in [-0.2, 0) is 0 Å². The highest BCUT2D eigenvalue weighted by atomic mass is 127. The van der Waals surface area contributed by atoms with E-state index in [2.05, 4.69) is 67.9 Å². The molecule has 0 rings (SSSR count). The van der Waals surface area contributed by atoms with E-state index in [1.165, 1.54) is 8.40 Å². The zero-order valence-corrected chi connectivity index (χ0v) is 15.6. The van der Waals surface area contributed by atoms with Crippen molar-refractivity contribution in [3.63, 3.8) is 0 Å². The molecule has 94 valence electrons. The molecule has 0 unspecified atom stereocenters. The molecule has 1 N–H and O–H groups in total. The molecule has 1 nitrogen and oxygen atoms in total. The van der Waals surface area contributed by atoms with Crippen molar-refractivity contribution in [2.75, 3.05) is 6.61 Å². The largest absolute Gasteiger partial charge is 0.392 e. The molecule has 0 radical (unpaired) electrons. The summed E-state index contributed by atoms with van der Waals surface area (Å²) < 4.78 is 1.53. The van der Waals surface area contributed by atoms with Gasteiger partial charge in [0.1, 0.15) is 0 Å². The first-order valence-electron chi connectivity index (χ1n) is 5.75. The Bertz CT molecular complexity index is 282. The lowest BCUT2D eigenvalue weighted by molar-refractivity contribution is 0.342. The fourth-order valence-corrected chi connectivity index (χ4v) is 3.66. The Balaban J connectivity index is 4.77. The molecule has 0 bridgehead atoms. The number of aliphatic hydroxyl groups is 1. The maximum absolute atomic E-state index is 9.06. The quantitative estimate of drug-likeness (QED) is 0.564. The normalized spacial score (nSPS) is 15.5. The van der Waals surface area contributed by atoms with Gasteiger partial charge in [-0.25, -0.2) is 0 Å². The lowest BCUT2D eigenvalue weighted by atomic mass is 10.4. The third kappa shape index (κ3) is 6.37. The molecule has 0 aromatic heterocycles. The van der Waals surface area contributed by atoms with Crippen LogP contribution in [-0.4, -0.2) is 27.9 Å². The van der Waals surface area contributed by atoms with Gasteiger partial charge in [0, 0.05) is 0 Å². The summed E-state index contributed by atoms with van der Waals surface area (Å²) in [5, 5.41) is 10.5. The molecule has 0 aliphatic carbocycles. The summed E-state index contributed by atoms with van der Waals surface area (Å²) >= 11 is 2.49. The van der Waals surface area contributed by atoms with Crippen LogP contribution >= 0.6 is 22.6 Å². The minimum absolute atomic E-state index is 0.178. The topological polar surface area (TPSA) is 20.2 Å². The molecule has 0 saturated heterocycles. The van der Waals surface area contributed by atoms with Gasteiger partial charge in [-0.15, -0.1) is 0 Å². The first-order valence-corrected chi connectivity index (χ1v) is 13.8. The van der Waals surface area contributed by atoms with E-state index in [0.717, 1.165) is 6.42 Å². The van der Waals surface area contributed by atoms with Crippen molar-refractivity contribution in [2.24, 2.45) is 0 Å². The van der Waals surface area contributed by atoms with E-state index < -0.39 is 16.1 Å². The number of hydrogen-bond acceptors (Lipinski definition) is 1. The highest BCUT2D eigenvalue weighted by molar-refractivity contribution is 14.1. The van der Waals surface area contributed by atoms with Crippen molar-refractivity contribution in [3.05, 3.63) is 20.6 Å². The van der Waals surface area contributed by atoms with Crippen molar-refractivity contribution in [2.45, 2.75) is 45.7 Å². The molecular weight excluding hydrogens is 343 g/mol. The summed E-state index contributed by atoms with van der Waals surface area (Å²) in [7, 11) is -2.40. The van der Waals surface area contributed by atoms with Crippen molar-refractivity contribution < 1.29 is 5.11 Å². The number of allylic oxidation sites excluding steroid dienone is 2. The molecule has 0 heterocycles. The minimum atomic E-state index is -1.26. The van der Waals surface area contributed by atoms with Crippen molar-refractivity contribution >= 4 is 38.7 Å². The van der Waals surface area contributed by atoms with Crippen LogP contribution in [0.15, 0.2) is 20.6 Å². The fraction of sp³-hybridized carbons (Fsp3) is 0.667. The lowest BCUT2D eigenvalue weighted by Gasteiger charge is -2.21. The predicted molar refractivity (Wildman–Crippen MR) is 88.6 cm³/mol. The maximum Gasteiger partial charge on any atom is 0.0850 e. The van der Waals surface area contributed by atoms with E-state index in [1.54, 1.807) is 0 Å². The molecule has 0 saturated carbocycles. The van der Waals surface area contributed by atoms with Crippen molar-refractivity contribution in [1.29, 1.82) is 0 Å². The number of aliphatic hydroxyl groups excluding tert-OH is 1. The molecule has 0 aliphatic rings. The van der Waals surface area contributed by atoms with Crippen LogP contribution in [0.3, 0.4) is 0 Å². The molecule has 0 aromatic carbocycles. The maximum atomic E-state index is 9.06. The standard InChI is InChI=1S/C12H25IOSi2/c1-15(2,3)11(9-10-14)7-8-12(13)16(4,5)6/h8-9,14H,7,10H2,1-6H3/b11-9+,12-8-. The summed E-state index contributed by atoms with van der Waals surface area (Å²) in [5.74, 6) is 0. The van der Waals surface area contributed by atoms with Gasteiger partial charge in [0.15, 0.2) is 0 Å². The van der Waals surface area contributed by atoms with Crippen molar-refractivity contribution in [3.8, 4) is 0 Å². The van der Waals surface area contributed by atoms with E-state index in [4.69, 9.17) is 5.11 Å². The highest BCUT2D eigenvalue weighted by Crippen LogP contribution is 2.25. The van der Waals surface area contributed by atoms with Gasteiger partial charge in [-0.05, 0) is 9.62 Å². The van der Waals surface area contributed by atoms with Gasteiger partial charge in [0.05, 0.1) is 22.8 Å². The van der Waals surface area contributed by atoms with Crippen LogP contribution in [0, 0.1) is 0 Å². The average Bonchev–Trinajstić information content (AvgIpc) is 2.07. The minimum Gasteiger partial charge on any atom is -0.392 e. The summed E-state index contributed by atoms with van der Waals surface area (Å²) in [4.78, 5) is 0. The monoisotopic (exact) mass is 368 g/mol. The van der Waals surface area contributed by atoms with Gasteiger partial charge in [0.2, 0.25) is 0 Å². The van der Waals surface area contributed by atoms with Crippen LogP contribution in [0.4, 0.5) is 0 Å². The number of hydrogen-bond donors (Lipinski definition) is 1. The van der Waals surface area contributed by atoms with E-state index in [1.807, 2.05) is 6.08 Å². The van der Waals surface area contributed by atoms with Gasteiger partial charge in [-0.3, -0.25) is 0 Å². The van der Waals surface area contributed by atoms with E-state index in [-0.39, 0.29) is 6.61 Å². The third-order valence-corrected chi connectivity index (χ3v) is 11.8. The van der Waals surface area contributed by atoms with Gasteiger partial charge in [-0.2, -0.15) is 0 Å². The van der Waals surface area contributed by atoms with Gasteiger partial charge in [0.25, 0.3) is 0 Å². The second kappa shape index (κ2) is 6.51. The summed E-state index contributed by atoms with van der Waals surface area (Å²) in [5.41, 5.74) is 0. The molecular formula is C12H25IOSi2. The molecule has 0 amide bonds. The smallest absolute Gasteiger partial charge is 0.0850 e. The zero-order valence-electron chi connectivity index (χ0n) is 11.4. The highest BCUT2D eigenvalue weighted by Gasteiger charge is 2.20. The molecule has 0 fully saturated rings. The molecule has 0 spiro atoms. The van der Waals surface area contributed by atoms with Crippen LogP contribution in [0.2, 0.25) is 39.3 Å².